The van der Waals surface area contributed by atoms with Gasteiger partial charge in [-0.1, -0.05) is 13.8 Å². The largest absolute Gasteiger partial charge is 0.383 e. The van der Waals surface area contributed by atoms with E-state index in [0.717, 1.165) is 0 Å². The van der Waals surface area contributed by atoms with Crippen molar-refractivity contribution in [1.29, 1.82) is 0 Å². The van der Waals surface area contributed by atoms with Crippen molar-refractivity contribution in [3.05, 3.63) is 0 Å². The summed E-state index contributed by atoms with van der Waals surface area (Å²) in [6, 6.07) is 0. The molecular weight excluding hydrogens is 197 g/mol. The second-order valence-electron chi connectivity index (χ2n) is 4.61. The van der Waals surface area contributed by atoms with Gasteiger partial charge in [-0.3, -0.25) is 9.18 Å². The number of halogens is 1. The van der Waals surface area contributed by atoms with E-state index in [2.05, 4.69) is 0 Å². The number of hydrogen-bond acceptors (Lipinski definition) is 2. The van der Waals surface area contributed by atoms with Gasteiger partial charge in [0.1, 0.15) is 6.10 Å². The molecule has 0 saturated carbocycles. The second kappa shape index (κ2) is 5.45. The first kappa shape index (κ1) is 12.4. The molecule has 4 heteroatoms. The van der Waals surface area contributed by atoms with Crippen LogP contribution >= 0.6 is 0 Å². The van der Waals surface area contributed by atoms with Crippen LogP contribution in [0.5, 0.6) is 0 Å². The first-order chi connectivity index (χ1) is 7.06. The Labute approximate surface area is 90.3 Å². The fraction of sp³-hybridized carbons (Fsp3) is 0.909. The molecule has 0 unspecified atom stereocenters. The van der Waals surface area contributed by atoms with Gasteiger partial charge in [-0.2, -0.15) is 0 Å². The number of carbonyl (C=O) groups excluding carboxylic acids is 1. The Balaban J connectivity index is 2.42. The maximum Gasteiger partial charge on any atom is 0.251 e. The predicted octanol–water partition coefficient (Wildman–Crippen LogP) is 1.21. The minimum absolute atomic E-state index is 0.0589. The first-order valence-electron chi connectivity index (χ1n) is 5.59. The van der Waals surface area contributed by atoms with Crippen molar-refractivity contribution >= 4 is 5.91 Å². The lowest BCUT2D eigenvalue weighted by Crippen LogP contribution is -2.45. The highest BCUT2D eigenvalue weighted by atomic mass is 19.1. The molecular formula is C11H20FNO2. The highest BCUT2D eigenvalue weighted by Crippen LogP contribution is 2.19. The molecule has 0 aromatic heterocycles. The zero-order valence-electron chi connectivity index (χ0n) is 9.45. The van der Waals surface area contributed by atoms with E-state index in [1.165, 1.54) is 0 Å². The van der Waals surface area contributed by atoms with E-state index in [0.29, 0.717) is 25.9 Å². The molecule has 1 aliphatic rings. The molecule has 1 aliphatic heterocycles. The number of hydrogen-bond donors (Lipinski definition) is 1. The lowest BCUT2D eigenvalue weighted by molar-refractivity contribution is -0.143. The van der Waals surface area contributed by atoms with E-state index in [1.807, 2.05) is 13.8 Å². The molecule has 1 N–H and O–H groups in total. The van der Waals surface area contributed by atoms with Crippen LogP contribution in [-0.2, 0) is 4.79 Å². The van der Waals surface area contributed by atoms with E-state index >= 15 is 0 Å². The van der Waals surface area contributed by atoms with Crippen LogP contribution in [0, 0.1) is 11.8 Å². The fourth-order valence-corrected chi connectivity index (χ4v) is 1.78. The third-order valence-corrected chi connectivity index (χ3v) is 3.03. The van der Waals surface area contributed by atoms with Crippen molar-refractivity contribution in [3.63, 3.8) is 0 Å². The first-order valence-corrected chi connectivity index (χ1v) is 5.59. The molecule has 15 heavy (non-hydrogen) atoms. The van der Waals surface area contributed by atoms with Gasteiger partial charge in [-0.05, 0) is 24.7 Å². The zero-order chi connectivity index (χ0) is 11.4. The van der Waals surface area contributed by atoms with Gasteiger partial charge in [0.05, 0.1) is 6.67 Å². The van der Waals surface area contributed by atoms with Crippen molar-refractivity contribution in [3.8, 4) is 0 Å². The summed E-state index contributed by atoms with van der Waals surface area (Å²) in [5.74, 6) is -0.163. The van der Waals surface area contributed by atoms with Gasteiger partial charge in [-0.25, -0.2) is 0 Å². The SMILES string of the molecule is CC(C)[C@@H](O)C(=O)N1CCC(CF)CC1. The quantitative estimate of drug-likeness (QED) is 0.772. The molecule has 0 aromatic carbocycles. The molecule has 1 amide bonds. The summed E-state index contributed by atoms with van der Waals surface area (Å²) in [6.07, 6.45) is 0.520. The zero-order valence-corrected chi connectivity index (χ0v) is 9.45. The van der Waals surface area contributed by atoms with Crippen molar-refractivity contribution < 1.29 is 14.3 Å². The summed E-state index contributed by atoms with van der Waals surface area (Å²) >= 11 is 0. The predicted molar refractivity (Wildman–Crippen MR) is 56.1 cm³/mol. The molecule has 0 radical (unpaired) electrons. The molecule has 1 fully saturated rings. The van der Waals surface area contributed by atoms with Gasteiger partial charge in [0.15, 0.2) is 0 Å². The third-order valence-electron chi connectivity index (χ3n) is 3.03. The van der Waals surface area contributed by atoms with E-state index in [4.69, 9.17) is 0 Å². The second-order valence-corrected chi connectivity index (χ2v) is 4.61. The highest BCUT2D eigenvalue weighted by Gasteiger charge is 2.28. The summed E-state index contributed by atoms with van der Waals surface area (Å²) in [7, 11) is 0. The van der Waals surface area contributed by atoms with Crippen LogP contribution in [0.1, 0.15) is 26.7 Å². The lowest BCUT2D eigenvalue weighted by Gasteiger charge is -2.32. The maximum absolute atomic E-state index is 12.3. The van der Waals surface area contributed by atoms with E-state index in [1.54, 1.807) is 4.90 Å². The Bertz CT molecular complexity index is 213. The topological polar surface area (TPSA) is 40.5 Å². The summed E-state index contributed by atoms with van der Waals surface area (Å²) < 4.78 is 12.3. The number of nitrogens with zero attached hydrogens (tertiary/aromatic N) is 1. The number of carbonyl (C=O) groups is 1. The van der Waals surface area contributed by atoms with Crippen molar-refractivity contribution in [2.24, 2.45) is 11.8 Å². The summed E-state index contributed by atoms with van der Waals surface area (Å²) in [5.41, 5.74) is 0. The van der Waals surface area contributed by atoms with Gasteiger partial charge < -0.3 is 10.0 Å². The van der Waals surface area contributed by atoms with Crippen molar-refractivity contribution in [1.82, 2.24) is 4.90 Å². The van der Waals surface area contributed by atoms with Crippen LogP contribution in [0.15, 0.2) is 0 Å². The minimum Gasteiger partial charge on any atom is -0.383 e. The highest BCUT2D eigenvalue weighted by molar-refractivity contribution is 5.80. The molecule has 0 aromatic rings. The van der Waals surface area contributed by atoms with E-state index < -0.39 is 6.10 Å². The van der Waals surface area contributed by atoms with Gasteiger partial charge in [-0.15, -0.1) is 0 Å². The fourth-order valence-electron chi connectivity index (χ4n) is 1.78. The monoisotopic (exact) mass is 217 g/mol. The van der Waals surface area contributed by atoms with Gasteiger partial charge in [0, 0.05) is 13.1 Å². The lowest BCUT2D eigenvalue weighted by atomic mass is 9.97. The van der Waals surface area contributed by atoms with Crippen LogP contribution in [-0.4, -0.2) is 41.8 Å². The number of alkyl halides is 1. The Hall–Kier alpha value is -0.640. The average Bonchev–Trinajstić information content (AvgIpc) is 2.27. The standard InChI is InChI=1S/C11H20FNO2/c1-8(2)10(14)11(15)13-5-3-9(7-12)4-6-13/h8-10,14H,3-7H2,1-2H3/t10-/m1/s1. The number of amides is 1. The maximum atomic E-state index is 12.3. The smallest absolute Gasteiger partial charge is 0.251 e. The molecule has 1 heterocycles. The van der Waals surface area contributed by atoms with Crippen molar-refractivity contribution in [2.75, 3.05) is 19.8 Å². The number of likely N-dealkylation sites (tertiary alicyclic amines) is 1. The van der Waals surface area contributed by atoms with E-state index in [-0.39, 0.29) is 24.4 Å². The molecule has 0 spiro atoms. The van der Waals surface area contributed by atoms with Gasteiger partial charge in [0.25, 0.3) is 5.91 Å². The Morgan fingerprint density at radius 1 is 1.47 bits per heavy atom. The average molecular weight is 217 g/mol. The van der Waals surface area contributed by atoms with Gasteiger partial charge >= 0.3 is 0 Å². The molecule has 1 saturated heterocycles. The Morgan fingerprint density at radius 3 is 2.40 bits per heavy atom. The van der Waals surface area contributed by atoms with Crippen molar-refractivity contribution in [2.45, 2.75) is 32.8 Å². The normalized spacial score (nSPS) is 20.7. The molecule has 88 valence electrons. The Morgan fingerprint density at radius 2 is 2.00 bits per heavy atom. The van der Waals surface area contributed by atoms with Crippen LogP contribution in [0.4, 0.5) is 4.39 Å². The molecule has 1 rings (SSSR count). The number of aliphatic hydroxyl groups excluding tert-OH is 1. The number of aliphatic hydroxyl groups is 1. The van der Waals surface area contributed by atoms with Crippen LogP contribution in [0.25, 0.3) is 0 Å². The van der Waals surface area contributed by atoms with Crippen LogP contribution in [0.2, 0.25) is 0 Å². The number of rotatable bonds is 3. The third kappa shape index (κ3) is 3.16. The summed E-state index contributed by atoms with van der Waals surface area (Å²) in [5, 5.41) is 9.61. The number of piperidine rings is 1. The molecule has 3 nitrogen and oxygen atoms in total. The summed E-state index contributed by atoms with van der Waals surface area (Å²) in [4.78, 5) is 13.4. The van der Waals surface area contributed by atoms with Crippen LogP contribution < -0.4 is 0 Å². The van der Waals surface area contributed by atoms with Crippen LogP contribution in [0.3, 0.4) is 0 Å². The molecule has 0 bridgehead atoms. The van der Waals surface area contributed by atoms with E-state index in [9.17, 15) is 14.3 Å². The molecule has 1 atom stereocenters. The minimum atomic E-state index is -0.910. The molecule has 0 aliphatic carbocycles. The van der Waals surface area contributed by atoms with Gasteiger partial charge in [0.2, 0.25) is 0 Å². The Kier molecular flexibility index (Phi) is 4.51. The summed E-state index contributed by atoms with van der Waals surface area (Å²) in [6.45, 7) is 4.50.